The average molecular weight is 395 g/mol. The number of nitrogen functional groups attached to an aromatic ring is 1. The number of aliphatic hydroxyl groups is 1. The molecule has 0 aliphatic heterocycles. The molecule has 2 rings (SSSR count). The first kappa shape index (κ1) is 20.5. The van der Waals surface area contributed by atoms with E-state index in [2.05, 4.69) is 15.0 Å². The monoisotopic (exact) mass is 394 g/mol. The minimum Gasteiger partial charge on any atom is -0.396 e. The number of anilines is 1. The summed E-state index contributed by atoms with van der Waals surface area (Å²) in [5.74, 6) is 0.0855. The first-order chi connectivity index (χ1) is 12.5. The van der Waals surface area contributed by atoms with Gasteiger partial charge in [0.15, 0.2) is 5.69 Å². The molecule has 0 spiro atoms. The number of hydrogen-bond acceptors (Lipinski definition) is 6. The number of halogens is 1. The van der Waals surface area contributed by atoms with Crippen LogP contribution in [0.5, 0.6) is 0 Å². The van der Waals surface area contributed by atoms with Crippen molar-refractivity contribution in [2.75, 3.05) is 12.3 Å². The maximum Gasteiger partial charge on any atom is 0.278 e. The van der Waals surface area contributed by atoms with Crippen LogP contribution in [0, 0.1) is 6.92 Å². The minimum absolute atomic E-state index is 0.0855. The third-order valence-electron chi connectivity index (χ3n) is 3.67. The topological polar surface area (TPSA) is 104 Å². The second-order valence-corrected chi connectivity index (χ2v) is 7.42. The average Bonchev–Trinajstić information content (AvgIpc) is 2.59. The van der Waals surface area contributed by atoms with Gasteiger partial charge in [-0.25, -0.2) is 9.98 Å². The van der Waals surface area contributed by atoms with Crippen molar-refractivity contribution in [1.29, 1.82) is 0 Å². The number of H-pyrrole nitrogens is 1. The summed E-state index contributed by atoms with van der Waals surface area (Å²) in [6.45, 7) is 1.93. The minimum atomic E-state index is -0.343. The highest BCUT2D eigenvalue weighted by molar-refractivity contribution is 8.14. The highest BCUT2D eigenvalue weighted by atomic mass is 35.5. The molecule has 1 aromatic heterocycles. The van der Waals surface area contributed by atoms with Crippen LogP contribution in [0.4, 0.5) is 11.6 Å². The van der Waals surface area contributed by atoms with Crippen molar-refractivity contribution < 1.29 is 5.11 Å². The van der Waals surface area contributed by atoms with Gasteiger partial charge in [-0.15, -0.1) is 0 Å². The molecule has 8 heteroatoms. The lowest BCUT2D eigenvalue weighted by molar-refractivity contribution is 0.283. The van der Waals surface area contributed by atoms with Crippen LogP contribution in [0.25, 0.3) is 0 Å². The Balaban J connectivity index is 2.21. The van der Waals surface area contributed by atoms with Crippen molar-refractivity contribution in [2.24, 2.45) is 4.99 Å². The van der Waals surface area contributed by atoms with Crippen molar-refractivity contribution in [3.8, 4) is 0 Å². The van der Waals surface area contributed by atoms with Crippen LogP contribution in [0.15, 0.2) is 38.9 Å². The molecule has 0 atom stereocenters. The molecule has 4 N–H and O–H groups in total. The summed E-state index contributed by atoms with van der Waals surface area (Å²) in [5.41, 5.74) is 6.01. The Morgan fingerprint density at radius 1 is 1.27 bits per heavy atom. The lowest BCUT2D eigenvalue weighted by Gasteiger charge is -2.08. The van der Waals surface area contributed by atoms with Gasteiger partial charge >= 0.3 is 0 Å². The lowest BCUT2D eigenvalue weighted by atomic mass is 10.1. The highest BCUT2D eigenvalue weighted by Gasteiger charge is 2.10. The Morgan fingerprint density at radius 3 is 2.62 bits per heavy atom. The van der Waals surface area contributed by atoms with E-state index in [9.17, 15) is 4.79 Å². The van der Waals surface area contributed by atoms with Gasteiger partial charge in [0.05, 0.1) is 10.7 Å². The summed E-state index contributed by atoms with van der Waals surface area (Å²) in [6.07, 6.45) is 4.44. The standard InChI is InChI=1S/C18H23ClN4O2S/c1-12-16(17(25)23-18(20)21-12)22-15(6-4-2-3-5-11-24)26-14-9-7-13(19)8-10-14/h7-10,24H,2-6,11H2,1H3,(H3,20,21,23,25)/b22-15+. The molecule has 0 aliphatic rings. The first-order valence-electron chi connectivity index (χ1n) is 8.48. The number of thioether (sulfide) groups is 1. The van der Waals surface area contributed by atoms with Gasteiger partial charge in [0, 0.05) is 16.5 Å². The van der Waals surface area contributed by atoms with E-state index in [-0.39, 0.29) is 23.8 Å². The number of aromatic amines is 1. The molecule has 1 heterocycles. The Labute approximate surface area is 161 Å². The molecule has 6 nitrogen and oxygen atoms in total. The molecule has 26 heavy (non-hydrogen) atoms. The first-order valence-corrected chi connectivity index (χ1v) is 9.67. The molecule has 0 bridgehead atoms. The zero-order valence-electron chi connectivity index (χ0n) is 14.7. The fourth-order valence-corrected chi connectivity index (χ4v) is 3.42. The van der Waals surface area contributed by atoms with Crippen LogP contribution in [0.1, 0.15) is 37.8 Å². The number of aliphatic imine (C=N–C) groups is 1. The van der Waals surface area contributed by atoms with E-state index < -0.39 is 0 Å². The predicted octanol–water partition coefficient (Wildman–Crippen LogP) is 4.08. The number of unbranched alkanes of at least 4 members (excludes halogenated alkanes) is 3. The number of rotatable bonds is 8. The van der Waals surface area contributed by atoms with E-state index in [0.29, 0.717) is 10.7 Å². The predicted molar refractivity (Wildman–Crippen MR) is 109 cm³/mol. The van der Waals surface area contributed by atoms with Crippen LogP contribution in [0.3, 0.4) is 0 Å². The molecule has 0 amide bonds. The second-order valence-electron chi connectivity index (χ2n) is 5.83. The van der Waals surface area contributed by atoms with Crippen LogP contribution in [-0.4, -0.2) is 26.7 Å². The van der Waals surface area contributed by atoms with Crippen molar-refractivity contribution in [3.63, 3.8) is 0 Å². The van der Waals surface area contributed by atoms with E-state index in [1.54, 1.807) is 6.92 Å². The number of nitrogens with one attached hydrogen (secondary N) is 1. The Hall–Kier alpha value is -1.83. The van der Waals surface area contributed by atoms with Gasteiger partial charge in [-0.1, -0.05) is 36.2 Å². The van der Waals surface area contributed by atoms with Gasteiger partial charge in [-0.2, -0.15) is 0 Å². The second kappa shape index (κ2) is 10.4. The number of aromatic nitrogens is 2. The number of nitrogens with zero attached hydrogens (tertiary/aromatic N) is 2. The molecular weight excluding hydrogens is 372 g/mol. The largest absolute Gasteiger partial charge is 0.396 e. The Kier molecular flexibility index (Phi) is 8.15. The molecular formula is C18H23ClN4O2S. The van der Waals surface area contributed by atoms with E-state index in [0.717, 1.165) is 42.0 Å². The summed E-state index contributed by atoms with van der Waals surface area (Å²) >= 11 is 7.45. The maximum atomic E-state index is 12.2. The molecule has 0 radical (unpaired) electrons. The van der Waals surface area contributed by atoms with Crippen LogP contribution >= 0.6 is 23.4 Å². The van der Waals surface area contributed by atoms with Crippen molar-refractivity contribution in [2.45, 2.75) is 43.9 Å². The third-order valence-corrected chi connectivity index (χ3v) is 4.96. The van der Waals surface area contributed by atoms with Gasteiger partial charge < -0.3 is 10.8 Å². The molecule has 0 saturated carbocycles. The fraction of sp³-hybridized carbons (Fsp3) is 0.389. The molecule has 2 aromatic rings. The summed E-state index contributed by atoms with van der Waals surface area (Å²) in [5, 5.41) is 10.4. The molecule has 0 aliphatic carbocycles. The number of aryl methyl sites for hydroxylation is 1. The number of benzene rings is 1. The highest BCUT2D eigenvalue weighted by Crippen LogP contribution is 2.26. The van der Waals surface area contributed by atoms with Gasteiger partial charge in [0.25, 0.3) is 5.56 Å². The van der Waals surface area contributed by atoms with Gasteiger partial charge in [0.2, 0.25) is 5.95 Å². The van der Waals surface area contributed by atoms with Crippen molar-refractivity contribution >= 4 is 40.0 Å². The molecule has 1 aromatic carbocycles. The maximum absolute atomic E-state index is 12.2. The van der Waals surface area contributed by atoms with E-state index in [4.69, 9.17) is 22.4 Å². The van der Waals surface area contributed by atoms with Gasteiger partial charge in [0.1, 0.15) is 0 Å². The van der Waals surface area contributed by atoms with Crippen molar-refractivity contribution in [1.82, 2.24) is 9.97 Å². The quantitative estimate of drug-likeness (QED) is 0.271. The summed E-state index contributed by atoms with van der Waals surface area (Å²) in [7, 11) is 0. The Morgan fingerprint density at radius 2 is 1.96 bits per heavy atom. The van der Waals surface area contributed by atoms with Crippen LogP contribution in [0.2, 0.25) is 5.02 Å². The smallest absolute Gasteiger partial charge is 0.278 e. The fourth-order valence-electron chi connectivity index (χ4n) is 2.37. The van der Waals surface area contributed by atoms with E-state index >= 15 is 0 Å². The van der Waals surface area contributed by atoms with Gasteiger partial charge in [-0.3, -0.25) is 9.78 Å². The normalized spacial score (nSPS) is 11.7. The van der Waals surface area contributed by atoms with Crippen LogP contribution in [-0.2, 0) is 0 Å². The molecule has 140 valence electrons. The number of aliphatic hydroxyl groups excluding tert-OH is 1. The zero-order valence-corrected chi connectivity index (χ0v) is 16.2. The number of hydrogen-bond donors (Lipinski definition) is 3. The van der Waals surface area contributed by atoms with E-state index in [1.807, 2.05) is 24.3 Å². The van der Waals surface area contributed by atoms with Crippen LogP contribution < -0.4 is 11.3 Å². The summed E-state index contributed by atoms with van der Waals surface area (Å²) in [6, 6.07) is 7.50. The van der Waals surface area contributed by atoms with Crippen molar-refractivity contribution in [3.05, 3.63) is 45.3 Å². The molecule has 0 fully saturated rings. The lowest BCUT2D eigenvalue weighted by Crippen LogP contribution is -2.13. The SMILES string of the molecule is Cc1nc(N)[nH]c(=O)c1/N=C(\CCCCCCO)Sc1ccc(Cl)cc1. The zero-order chi connectivity index (χ0) is 18.9. The molecule has 0 saturated heterocycles. The summed E-state index contributed by atoms with van der Waals surface area (Å²) < 4.78 is 0. The number of nitrogens with two attached hydrogens (primary N) is 1. The summed E-state index contributed by atoms with van der Waals surface area (Å²) in [4.78, 5) is 24.3. The van der Waals surface area contributed by atoms with Gasteiger partial charge in [-0.05, 0) is 50.5 Å². The third kappa shape index (κ3) is 6.48. The molecule has 0 unspecified atom stereocenters. The van der Waals surface area contributed by atoms with E-state index in [1.165, 1.54) is 11.8 Å². The Bertz CT molecular complexity index is 806.